The first-order valence-electron chi connectivity index (χ1n) is 8.10. The van der Waals surface area contributed by atoms with Crippen LogP contribution >= 0.6 is 0 Å². The second kappa shape index (κ2) is 7.73. The molecule has 0 bridgehead atoms. The molecule has 0 saturated carbocycles. The van der Waals surface area contributed by atoms with E-state index in [1.165, 1.54) is 6.33 Å². The van der Waals surface area contributed by atoms with Gasteiger partial charge in [0.25, 0.3) is 0 Å². The van der Waals surface area contributed by atoms with E-state index in [1.54, 1.807) is 16.7 Å². The van der Waals surface area contributed by atoms with Gasteiger partial charge >= 0.3 is 0 Å². The quantitative estimate of drug-likeness (QED) is 0.779. The van der Waals surface area contributed by atoms with Crippen LogP contribution in [0.2, 0.25) is 0 Å². The number of ether oxygens (including phenoxy) is 1. The minimum atomic E-state index is -0.181. The summed E-state index contributed by atoms with van der Waals surface area (Å²) >= 11 is 0. The van der Waals surface area contributed by atoms with Gasteiger partial charge in [-0.15, -0.1) is 5.10 Å². The van der Waals surface area contributed by atoms with E-state index in [-0.39, 0.29) is 17.9 Å². The third-order valence-electron chi connectivity index (χ3n) is 4.04. The number of rotatable bonds is 7. The highest BCUT2D eigenvalue weighted by atomic mass is 16.5. The molecule has 25 heavy (non-hydrogen) atoms. The number of amides is 2. The molecule has 0 radical (unpaired) electrons. The van der Waals surface area contributed by atoms with Crippen LogP contribution in [0.25, 0.3) is 0 Å². The van der Waals surface area contributed by atoms with Crippen molar-refractivity contribution in [1.29, 1.82) is 0 Å². The molecule has 1 saturated heterocycles. The third kappa shape index (κ3) is 4.31. The first-order chi connectivity index (χ1) is 12.2. The van der Waals surface area contributed by atoms with E-state index in [1.807, 2.05) is 24.3 Å². The van der Waals surface area contributed by atoms with Crippen LogP contribution in [0.5, 0.6) is 5.75 Å². The average molecular weight is 344 g/mol. The molecule has 0 unspecified atom stereocenters. The second-order valence-corrected chi connectivity index (χ2v) is 5.85. The number of carbonyl (C=O) groups is 2. The molecule has 1 N–H and O–H groups in total. The number of nitrogens with zero attached hydrogens (tertiary/aromatic N) is 5. The summed E-state index contributed by atoms with van der Waals surface area (Å²) in [6.07, 6.45) is 2.82. The Morgan fingerprint density at radius 2 is 2.32 bits per heavy atom. The van der Waals surface area contributed by atoms with Crippen molar-refractivity contribution < 1.29 is 14.3 Å². The fourth-order valence-corrected chi connectivity index (χ4v) is 2.82. The zero-order valence-corrected chi connectivity index (χ0v) is 14.0. The van der Waals surface area contributed by atoms with Crippen LogP contribution in [0.3, 0.4) is 0 Å². The van der Waals surface area contributed by atoms with Gasteiger partial charge in [-0.2, -0.15) is 0 Å². The fraction of sp³-hybridized carbons (Fsp3) is 0.438. The topological polar surface area (TPSA) is 102 Å². The number of aromatic nitrogens is 4. The van der Waals surface area contributed by atoms with Crippen LogP contribution in [0.4, 0.5) is 5.69 Å². The van der Waals surface area contributed by atoms with Crippen molar-refractivity contribution in [2.75, 3.05) is 18.6 Å². The van der Waals surface area contributed by atoms with Crippen molar-refractivity contribution in [3.8, 4) is 5.75 Å². The van der Waals surface area contributed by atoms with E-state index >= 15 is 0 Å². The molecule has 2 amide bonds. The molecule has 2 heterocycles. The highest BCUT2D eigenvalue weighted by Gasteiger charge is 2.31. The van der Waals surface area contributed by atoms with Crippen LogP contribution in [0.1, 0.15) is 19.3 Å². The fourth-order valence-electron chi connectivity index (χ4n) is 2.82. The summed E-state index contributed by atoms with van der Waals surface area (Å²) in [5.41, 5.74) is 0.778. The van der Waals surface area contributed by atoms with Gasteiger partial charge in [0.15, 0.2) is 0 Å². The van der Waals surface area contributed by atoms with Gasteiger partial charge < -0.3 is 15.0 Å². The van der Waals surface area contributed by atoms with Gasteiger partial charge in [-0.3, -0.25) is 9.59 Å². The molecule has 1 aliphatic rings. The summed E-state index contributed by atoms with van der Waals surface area (Å²) in [6.45, 7) is 1.05. The van der Waals surface area contributed by atoms with Gasteiger partial charge in [-0.1, -0.05) is 6.07 Å². The predicted octanol–water partition coefficient (Wildman–Crippen LogP) is 0.384. The van der Waals surface area contributed by atoms with Crippen molar-refractivity contribution in [3.63, 3.8) is 0 Å². The van der Waals surface area contributed by atoms with Crippen LogP contribution in [0.15, 0.2) is 30.6 Å². The highest BCUT2D eigenvalue weighted by molar-refractivity contribution is 5.97. The molecule has 1 fully saturated rings. The Kier molecular flexibility index (Phi) is 5.22. The lowest BCUT2D eigenvalue weighted by Crippen LogP contribution is -2.37. The van der Waals surface area contributed by atoms with Crippen LogP contribution in [0, 0.1) is 0 Å². The monoisotopic (exact) mass is 344 g/mol. The molecule has 0 aliphatic carbocycles. The molecule has 1 aromatic heterocycles. The molecule has 1 aromatic carbocycles. The van der Waals surface area contributed by atoms with Crippen molar-refractivity contribution in [3.05, 3.63) is 30.6 Å². The molecule has 9 nitrogen and oxygen atoms in total. The summed E-state index contributed by atoms with van der Waals surface area (Å²) in [7, 11) is 1.59. The van der Waals surface area contributed by atoms with Gasteiger partial charge in [0.05, 0.1) is 13.2 Å². The van der Waals surface area contributed by atoms with Crippen LogP contribution in [-0.4, -0.2) is 51.7 Å². The minimum absolute atomic E-state index is 0.00718. The standard InChI is InChI=1S/C16H20N6O3/c1-25-14-5-2-4-13(9-14)22-10-12(8-16(22)24)18-15(23)6-3-7-21-11-17-19-20-21/h2,4-5,9,11-12H,3,6-8,10H2,1H3,(H,18,23)/t12-/m0/s1. The summed E-state index contributed by atoms with van der Waals surface area (Å²) in [5, 5.41) is 13.8. The van der Waals surface area contributed by atoms with Crippen molar-refractivity contribution in [2.45, 2.75) is 31.8 Å². The van der Waals surface area contributed by atoms with Gasteiger partial charge in [0.2, 0.25) is 11.8 Å². The SMILES string of the molecule is COc1cccc(N2C[C@@H](NC(=O)CCCn3cnnn3)CC2=O)c1. The van der Waals surface area contributed by atoms with Gasteiger partial charge in [-0.05, 0) is 29.0 Å². The molecule has 1 aliphatic heterocycles. The average Bonchev–Trinajstić information content (AvgIpc) is 3.24. The predicted molar refractivity (Wildman–Crippen MR) is 88.9 cm³/mol. The van der Waals surface area contributed by atoms with E-state index < -0.39 is 0 Å². The molecule has 2 aromatic rings. The van der Waals surface area contributed by atoms with E-state index in [2.05, 4.69) is 20.8 Å². The first-order valence-corrected chi connectivity index (χ1v) is 8.10. The highest BCUT2D eigenvalue weighted by Crippen LogP contribution is 2.25. The third-order valence-corrected chi connectivity index (χ3v) is 4.04. The molecule has 0 spiro atoms. The normalized spacial score (nSPS) is 16.9. The largest absolute Gasteiger partial charge is 0.497 e. The Balaban J connectivity index is 1.49. The van der Waals surface area contributed by atoms with Crippen molar-refractivity contribution in [1.82, 2.24) is 25.5 Å². The Labute approximate surface area is 144 Å². The molecule has 3 rings (SSSR count). The summed E-state index contributed by atoms with van der Waals surface area (Å²) in [5.74, 6) is 0.617. The van der Waals surface area contributed by atoms with Crippen LogP contribution in [-0.2, 0) is 16.1 Å². The van der Waals surface area contributed by atoms with Gasteiger partial charge in [0, 0.05) is 37.7 Å². The summed E-state index contributed by atoms with van der Waals surface area (Å²) in [6, 6.07) is 7.16. The van der Waals surface area contributed by atoms with Gasteiger partial charge in [0.1, 0.15) is 12.1 Å². The number of carbonyl (C=O) groups excluding carboxylic acids is 2. The maximum absolute atomic E-state index is 12.2. The lowest BCUT2D eigenvalue weighted by molar-refractivity contribution is -0.121. The summed E-state index contributed by atoms with van der Waals surface area (Å²) in [4.78, 5) is 26.0. The maximum Gasteiger partial charge on any atom is 0.229 e. The zero-order valence-electron chi connectivity index (χ0n) is 14.0. The Morgan fingerprint density at radius 3 is 3.08 bits per heavy atom. The number of hydrogen-bond acceptors (Lipinski definition) is 6. The lowest BCUT2D eigenvalue weighted by Gasteiger charge is -2.18. The lowest BCUT2D eigenvalue weighted by atomic mass is 10.2. The number of nitrogens with one attached hydrogen (secondary N) is 1. The number of methoxy groups -OCH3 is 1. The molecular formula is C16H20N6O3. The maximum atomic E-state index is 12.2. The Morgan fingerprint density at radius 1 is 1.44 bits per heavy atom. The van der Waals surface area contributed by atoms with E-state index in [0.717, 1.165) is 5.69 Å². The zero-order chi connectivity index (χ0) is 17.6. The molecule has 132 valence electrons. The van der Waals surface area contributed by atoms with E-state index in [4.69, 9.17) is 4.74 Å². The first kappa shape index (κ1) is 16.9. The number of hydrogen-bond donors (Lipinski definition) is 1. The Bertz CT molecular complexity index is 733. The smallest absolute Gasteiger partial charge is 0.229 e. The van der Waals surface area contributed by atoms with E-state index in [9.17, 15) is 9.59 Å². The molecular weight excluding hydrogens is 324 g/mol. The molecule has 9 heteroatoms. The second-order valence-electron chi connectivity index (χ2n) is 5.85. The number of tetrazole rings is 1. The van der Waals surface area contributed by atoms with Gasteiger partial charge in [-0.25, -0.2) is 4.68 Å². The van der Waals surface area contributed by atoms with Crippen molar-refractivity contribution in [2.24, 2.45) is 0 Å². The number of benzene rings is 1. The van der Waals surface area contributed by atoms with E-state index in [0.29, 0.717) is 38.1 Å². The molecule has 1 atom stereocenters. The number of anilines is 1. The Hall–Kier alpha value is -2.97. The van der Waals surface area contributed by atoms with Crippen molar-refractivity contribution >= 4 is 17.5 Å². The number of aryl methyl sites for hydroxylation is 1. The minimum Gasteiger partial charge on any atom is -0.497 e. The van der Waals surface area contributed by atoms with Crippen LogP contribution < -0.4 is 15.0 Å². The summed E-state index contributed by atoms with van der Waals surface area (Å²) < 4.78 is 6.77.